The van der Waals surface area contributed by atoms with Gasteiger partial charge in [0.2, 0.25) is 0 Å². The third-order valence-electron chi connectivity index (χ3n) is 4.81. The monoisotopic (exact) mass is 531 g/mol. The van der Waals surface area contributed by atoms with Gasteiger partial charge in [0.05, 0.1) is 85.9 Å². The Morgan fingerprint density at radius 3 is 1.59 bits per heavy atom. The molecule has 0 fully saturated rings. The van der Waals surface area contributed by atoms with Gasteiger partial charge in [-0.15, -0.1) is 0 Å². The molecule has 0 saturated carbocycles. The van der Waals surface area contributed by atoms with Crippen LogP contribution in [0.4, 0.5) is 5.69 Å². The quantitative estimate of drug-likeness (QED) is 0.140. The standard InChI is InChI=1S/C26H45NO10/c1-4-26(28)37-22-23-5-6-24(27-2)21-25(23)36-20-19-35-18-17-34-16-15-33-14-13-32-12-11-31-10-9-30-8-7-29-3/h5-6,21,27H,4,7-20,22H2,1-3H3. The van der Waals surface area contributed by atoms with Crippen LogP contribution in [0.15, 0.2) is 18.2 Å². The van der Waals surface area contributed by atoms with Gasteiger partial charge >= 0.3 is 5.97 Å². The number of hydrogen-bond acceptors (Lipinski definition) is 11. The van der Waals surface area contributed by atoms with Crippen LogP contribution in [-0.4, -0.2) is 113 Å². The van der Waals surface area contributed by atoms with E-state index in [4.69, 9.17) is 42.6 Å². The smallest absolute Gasteiger partial charge is 0.305 e. The van der Waals surface area contributed by atoms with E-state index < -0.39 is 0 Å². The highest BCUT2D eigenvalue weighted by Crippen LogP contribution is 2.24. The van der Waals surface area contributed by atoms with Crippen LogP contribution in [0.1, 0.15) is 18.9 Å². The molecule has 214 valence electrons. The third-order valence-corrected chi connectivity index (χ3v) is 4.81. The lowest BCUT2D eigenvalue weighted by Gasteiger charge is -2.14. The number of anilines is 1. The highest BCUT2D eigenvalue weighted by atomic mass is 16.6. The van der Waals surface area contributed by atoms with Crippen molar-refractivity contribution >= 4 is 11.7 Å². The first kappa shape index (κ1) is 33.0. The minimum atomic E-state index is -0.247. The Morgan fingerprint density at radius 2 is 1.16 bits per heavy atom. The van der Waals surface area contributed by atoms with Gasteiger partial charge in [0.25, 0.3) is 0 Å². The molecule has 0 aromatic heterocycles. The summed E-state index contributed by atoms with van der Waals surface area (Å²) < 4.78 is 48.6. The van der Waals surface area contributed by atoms with Gasteiger partial charge in [0, 0.05) is 37.9 Å². The molecule has 0 heterocycles. The second-order valence-corrected chi connectivity index (χ2v) is 7.60. The molecule has 37 heavy (non-hydrogen) atoms. The predicted molar refractivity (Wildman–Crippen MR) is 138 cm³/mol. The number of carbonyl (C=O) groups is 1. The van der Waals surface area contributed by atoms with Gasteiger partial charge in [-0.3, -0.25) is 4.79 Å². The van der Waals surface area contributed by atoms with Crippen LogP contribution in [0.25, 0.3) is 0 Å². The molecule has 0 aliphatic heterocycles. The fourth-order valence-corrected chi connectivity index (χ4v) is 2.78. The number of rotatable bonds is 26. The van der Waals surface area contributed by atoms with Crippen LogP contribution in [0.2, 0.25) is 0 Å². The molecule has 0 amide bonds. The number of esters is 1. The fourth-order valence-electron chi connectivity index (χ4n) is 2.78. The lowest BCUT2D eigenvalue weighted by atomic mass is 10.2. The highest BCUT2D eigenvalue weighted by Gasteiger charge is 2.08. The molecule has 0 saturated heterocycles. The van der Waals surface area contributed by atoms with Crippen LogP contribution in [0.3, 0.4) is 0 Å². The maximum Gasteiger partial charge on any atom is 0.305 e. The number of benzene rings is 1. The average molecular weight is 532 g/mol. The van der Waals surface area contributed by atoms with E-state index in [1.165, 1.54) is 0 Å². The van der Waals surface area contributed by atoms with E-state index in [0.717, 1.165) is 11.3 Å². The summed E-state index contributed by atoms with van der Waals surface area (Å²) in [5.41, 5.74) is 1.72. The van der Waals surface area contributed by atoms with E-state index in [0.29, 0.717) is 105 Å². The molecule has 0 aliphatic carbocycles. The summed E-state index contributed by atoms with van der Waals surface area (Å²) in [6.45, 7) is 8.97. The second-order valence-electron chi connectivity index (χ2n) is 7.60. The van der Waals surface area contributed by atoms with Crippen molar-refractivity contribution in [1.29, 1.82) is 0 Å². The summed E-state index contributed by atoms with van der Waals surface area (Å²) in [5.74, 6) is 0.413. The number of methoxy groups -OCH3 is 1. The number of nitrogens with one attached hydrogen (secondary N) is 1. The van der Waals surface area contributed by atoms with E-state index in [1.807, 2.05) is 25.2 Å². The second kappa shape index (κ2) is 24.4. The Morgan fingerprint density at radius 1 is 0.703 bits per heavy atom. The minimum Gasteiger partial charge on any atom is -0.491 e. The van der Waals surface area contributed by atoms with Crippen molar-refractivity contribution in [3.8, 4) is 5.75 Å². The highest BCUT2D eigenvalue weighted by molar-refractivity contribution is 5.69. The number of hydrogen-bond donors (Lipinski definition) is 1. The maximum atomic E-state index is 11.4. The van der Waals surface area contributed by atoms with Crippen LogP contribution < -0.4 is 10.1 Å². The summed E-state index contributed by atoms with van der Waals surface area (Å²) >= 11 is 0. The molecule has 0 atom stereocenters. The molecule has 0 unspecified atom stereocenters. The molecule has 1 N–H and O–H groups in total. The molecule has 0 spiro atoms. The van der Waals surface area contributed by atoms with Gasteiger partial charge in [0.15, 0.2) is 0 Å². The molecular formula is C26H45NO10. The van der Waals surface area contributed by atoms with Gasteiger partial charge in [-0.05, 0) is 12.1 Å². The maximum absolute atomic E-state index is 11.4. The van der Waals surface area contributed by atoms with E-state index in [1.54, 1.807) is 14.0 Å². The molecule has 0 aliphatic rings. The van der Waals surface area contributed by atoms with E-state index >= 15 is 0 Å². The topological polar surface area (TPSA) is 112 Å². The van der Waals surface area contributed by atoms with Crippen LogP contribution in [0.5, 0.6) is 5.75 Å². The molecule has 0 radical (unpaired) electrons. The van der Waals surface area contributed by atoms with Gasteiger partial charge in [-0.2, -0.15) is 0 Å². The van der Waals surface area contributed by atoms with Gasteiger partial charge in [0.1, 0.15) is 19.0 Å². The van der Waals surface area contributed by atoms with Crippen molar-refractivity contribution in [1.82, 2.24) is 0 Å². The molecule has 11 nitrogen and oxygen atoms in total. The number of carbonyl (C=O) groups excluding carboxylic acids is 1. The van der Waals surface area contributed by atoms with Gasteiger partial charge in [-0.25, -0.2) is 0 Å². The van der Waals surface area contributed by atoms with Crippen LogP contribution in [0, 0.1) is 0 Å². The Bertz CT molecular complexity index is 677. The Hall–Kier alpha value is -1.99. The lowest BCUT2D eigenvalue weighted by Crippen LogP contribution is -2.15. The van der Waals surface area contributed by atoms with Crippen molar-refractivity contribution < 1.29 is 47.4 Å². The van der Waals surface area contributed by atoms with Crippen molar-refractivity contribution in [3.63, 3.8) is 0 Å². The molecule has 1 aromatic carbocycles. The zero-order valence-corrected chi connectivity index (χ0v) is 22.6. The molecule has 1 aromatic rings. The van der Waals surface area contributed by atoms with Crippen molar-refractivity contribution in [2.24, 2.45) is 0 Å². The normalized spacial score (nSPS) is 11.0. The minimum absolute atomic E-state index is 0.176. The molecule has 11 heteroatoms. The number of ether oxygens (including phenoxy) is 9. The SMILES string of the molecule is CCC(=O)OCc1ccc(NC)cc1OCCOCCOCCOCCOCCOCCOCCOC. The van der Waals surface area contributed by atoms with E-state index in [9.17, 15) is 4.79 Å². The van der Waals surface area contributed by atoms with Crippen molar-refractivity contribution in [2.75, 3.05) is 112 Å². The fraction of sp³-hybridized carbons (Fsp3) is 0.731. The van der Waals surface area contributed by atoms with Crippen molar-refractivity contribution in [3.05, 3.63) is 23.8 Å². The summed E-state index contributed by atoms with van der Waals surface area (Å²) in [4.78, 5) is 11.4. The predicted octanol–water partition coefficient (Wildman–Crippen LogP) is 2.31. The zero-order chi connectivity index (χ0) is 26.8. The average Bonchev–Trinajstić information content (AvgIpc) is 2.92. The Kier molecular flexibility index (Phi) is 21.7. The first-order chi connectivity index (χ1) is 18.2. The summed E-state index contributed by atoms with van der Waals surface area (Å²) in [7, 11) is 3.48. The largest absolute Gasteiger partial charge is 0.491 e. The van der Waals surface area contributed by atoms with Crippen molar-refractivity contribution in [2.45, 2.75) is 20.0 Å². The summed E-state index contributed by atoms with van der Waals surface area (Å²) in [5, 5.41) is 3.07. The van der Waals surface area contributed by atoms with Gasteiger partial charge < -0.3 is 47.9 Å². The van der Waals surface area contributed by atoms with E-state index in [2.05, 4.69) is 5.32 Å². The third kappa shape index (κ3) is 18.8. The van der Waals surface area contributed by atoms with E-state index in [-0.39, 0.29) is 12.6 Å². The van der Waals surface area contributed by atoms with Gasteiger partial charge in [-0.1, -0.05) is 6.92 Å². The molecular weight excluding hydrogens is 486 g/mol. The Balaban J connectivity index is 1.92. The summed E-state index contributed by atoms with van der Waals surface area (Å²) in [6.07, 6.45) is 0.338. The molecule has 1 rings (SSSR count). The summed E-state index contributed by atoms with van der Waals surface area (Å²) in [6, 6.07) is 5.66. The molecule has 0 bridgehead atoms. The van der Waals surface area contributed by atoms with Crippen LogP contribution in [-0.2, 0) is 49.3 Å². The zero-order valence-electron chi connectivity index (χ0n) is 22.6. The van der Waals surface area contributed by atoms with Crippen LogP contribution >= 0.6 is 0 Å². The first-order valence-electron chi connectivity index (χ1n) is 12.8. The Labute approximate surface area is 220 Å². The lowest BCUT2D eigenvalue weighted by molar-refractivity contribution is -0.144. The first-order valence-corrected chi connectivity index (χ1v) is 12.8.